The van der Waals surface area contributed by atoms with Crippen LogP contribution >= 0.6 is 0 Å². The van der Waals surface area contributed by atoms with Crippen molar-refractivity contribution in [1.82, 2.24) is 4.90 Å². The number of hydrogen-bond donors (Lipinski definition) is 1. The molecule has 1 saturated heterocycles. The van der Waals surface area contributed by atoms with Gasteiger partial charge in [0.05, 0.1) is 18.4 Å². The highest BCUT2D eigenvalue weighted by Crippen LogP contribution is 2.20. The molecule has 2 N–H and O–H groups in total. The summed E-state index contributed by atoms with van der Waals surface area (Å²) in [6.45, 7) is 3.38. The predicted octanol–water partition coefficient (Wildman–Crippen LogP) is 1.73. The minimum absolute atomic E-state index is 0.00913. The van der Waals surface area contributed by atoms with Crippen molar-refractivity contribution in [3.05, 3.63) is 29.8 Å². The summed E-state index contributed by atoms with van der Waals surface area (Å²) in [5, 5.41) is 8.63. The molecule has 1 aliphatic rings. The van der Waals surface area contributed by atoms with Crippen LogP contribution < -0.4 is 10.6 Å². The summed E-state index contributed by atoms with van der Waals surface area (Å²) in [5.41, 5.74) is 7.78. The molecule has 1 fully saturated rings. The van der Waals surface area contributed by atoms with E-state index in [0.717, 1.165) is 44.7 Å². The number of carbonyl (C=O) groups excluding carboxylic acids is 1. The Balaban J connectivity index is 1.91. The molecule has 118 valence electrons. The number of nitriles is 1. The van der Waals surface area contributed by atoms with Crippen molar-refractivity contribution in [2.45, 2.75) is 25.8 Å². The molecule has 5 heteroatoms. The number of primary amides is 1. The maximum Gasteiger partial charge on any atom is 0.221 e. The number of carbonyl (C=O) groups is 1. The Labute approximate surface area is 132 Å². The standard InChI is InChI=1S/C17H24N4O/c1-20(10-3-9-18)16-7-5-14(6-8-16)12-21-11-2-4-15(13-21)17(19)22/h5-8,15H,2-4,10-13H2,1H3,(H2,19,22). The quantitative estimate of drug-likeness (QED) is 0.868. The molecule has 1 atom stereocenters. The number of anilines is 1. The van der Waals surface area contributed by atoms with Crippen LogP contribution in [0.1, 0.15) is 24.8 Å². The van der Waals surface area contributed by atoms with E-state index in [1.165, 1.54) is 5.56 Å². The molecule has 0 aliphatic carbocycles. The number of hydrogen-bond acceptors (Lipinski definition) is 4. The zero-order chi connectivity index (χ0) is 15.9. The van der Waals surface area contributed by atoms with Crippen LogP contribution in [-0.4, -0.2) is 37.5 Å². The lowest BCUT2D eigenvalue weighted by Crippen LogP contribution is -2.40. The molecule has 1 heterocycles. The Morgan fingerprint density at radius 2 is 2.18 bits per heavy atom. The van der Waals surface area contributed by atoms with Crippen LogP contribution in [0, 0.1) is 17.2 Å². The fourth-order valence-corrected chi connectivity index (χ4v) is 2.89. The zero-order valence-electron chi connectivity index (χ0n) is 13.2. The van der Waals surface area contributed by atoms with Gasteiger partial charge in [0.2, 0.25) is 5.91 Å². The van der Waals surface area contributed by atoms with Crippen LogP contribution in [-0.2, 0) is 11.3 Å². The predicted molar refractivity (Wildman–Crippen MR) is 87.1 cm³/mol. The van der Waals surface area contributed by atoms with Crippen LogP contribution in [0.25, 0.3) is 0 Å². The molecule has 1 unspecified atom stereocenters. The molecule has 1 aliphatic heterocycles. The second-order valence-electron chi connectivity index (χ2n) is 5.97. The molecular weight excluding hydrogens is 276 g/mol. The van der Waals surface area contributed by atoms with E-state index >= 15 is 0 Å². The molecule has 22 heavy (non-hydrogen) atoms. The summed E-state index contributed by atoms with van der Waals surface area (Å²) in [4.78, 5) is 15.7. The van der Waals surface area contributed by atoms with E-state index in [2.05, 4.69) is 40.1 Å². The zero-order valence-corrected chi connectivity index (χ0v) is 13.2. The number of nitrogens with zero attached hydrogens (tertiary/aromatic N) is 3. The van der Waals surface area contributed by atoms with E-state index in [0.29, 0.717) is 6.42 Å². The SMILES string of the molecule is CN(CCC#N)c1ccc(CN2CCCC(C(N)=O)C2)cc1. The minimum Gasteiger partial charge on any atom is -0.374 e. The summed E-state index contributed by atoms with van der Waals surface area (Å²) >= 11 is 0. The Morgan fingerprint density at radius 1 is 1.45 bits per heavy atom. The molecule has 1 aromatic rings. The van der Waals surface area contributed by atoms with E-state index in [1.54, 1.807) is 0 Å². The summed E-state index contributed by atoms with van der Waals surface area (Å²) < 4.78 is 0. The van der Waals surface area contributed by atoms with Gasteiger partial charge in [-0.3, -0.25) is 9.69 Å². The maximum atomic E-state index is 11.3. The molecule has 1 aromatic carbocycles. The normalized spacial score (nSPS) is 18.6. The summed E-state index contributed by atoms with van der Waals surface area (Å²) in [6.07, 6.45) is 2.47. The fourth-order valence-electron chi connectivity index (χ4n) is 2.89. The fraction of sp³-hybridized carbons (Fsp3) is 0.529. The summed E-state index contributed by atoms with van der Waals surface area (Å²) in [5.74, 6) is -0.190. The van der Waals surface area contributed by atoms with Crippen molar-refractivity contribution in [3.63, 3.8) is 0 Å². The Hall–Kier alpha value is -2.06. The van der Waals surface area contributed by atoms with Gasteiger partial charge in [0.15, 0.2) is 0 Å². The lowest BCUT2D eigenvalue weighted by Gasteiger charge is -2.31. The number of nitrogens with two attached hydrogens (primary N) is 1. The lowest BCUT2D eigenvalue weighted by molar-refractivity contribution is -0.123. The first-order chi connectivity index (χ1) is 10.6. The highest BCUT2D eigenvalue weighted by molar-refractivity contribution is 5.76. The topological polar surface area (TPSA) is 73.4 Å². The van der Waals surface area contributed by atoms with Crippen LogP contribution in [0.2, 0.25) is 0 Å². The Morgan fingerprint density at radius 3 is 2.82 bits per heavy atom. The van der Waals surface area contributed by atoms with Gasteiger partial charge in [-0.2, -0.15) is 5.26 Å². The second-order valence-corrected chi connectivity index (χ2v) is 5.97. The smallest absolute Gasteiger partial charge is 0.221 e. The minimum atomic E-state index is -0.181. The van der Waals surface area contributed by atoms with Crippen molar-refractivity contribution in [1.29, 1.82) is 5.26 Å². The molecule has 5 nitrogen and oxygen atoms in total. The average Bonchev–Trinajstić information content (AvgIpc) is 2.53. The molecule has 0 bridgehead atoms. The molecule has 0 radical (unpaired) electrons. The third-order valence-electron chi connectivity index (χ3n) is 4.25. The van der Waals surface area contributed by atoms with Crippen molar-refractivity contribution in [2.24, 2.45) is 11.7 Å². The van der Waals surface area contributed by atoms with Crippen LogP contribution in [0.5, 0.6) is 0 Å². The van der Waals surface area contributed by atoms with E-state index in [4.69, 9.17) is 11.0 Å². The third-order valence-corrected chi connectivity index (χ3v) is 4.25. The van der Waals surface area contributed by atoms with Gasteiger partial charge in [-0.25, -0.2) is 0 Å². The lowest BCUT2D eigenvalue weighted by atomic mass is 9.97. The highest BCUT2D eigenvalue weighted by atomic mass is 16.1. The monoisotopic (exact) mass is 300 g/mol. The maximum absolute atomic E-state index is 11.3. The van der Waals surface area contributed by atoms with E-state index in [-0.39, 0.29) is 11.8 Å². The van der Waals surface area contributed by atoms with Crippen molar-refractivity contribution in [2.75, 3.05) is 31.6 Å². The first kappa shape index (κ1) is 16.3. The van der Waals surface area contributed by atoms with Crippen LogP contribution in [0.3, 0.4) is 0 Å². The highest BCUT2D eigenvalue weighted by Gasteiger charge is 2.23. The van der Waals surface area contributed by atoms with E-state index < -0.39 is 0 Å². The number of amides is 1. The first-order valence-corrected chi connectivity index (χ1v) is 7.79. The molecule has 2 rings (SSSR count). The van der Waals surface area contributed by atoms with Gasteiger partial charge in [-0.15, -0.1) is 0 Å². The first-order valence-electron chi connectivity index (χ1n) is 7.79. The summed E-state index contributed by atoms with van der Waals surface area (Å²) in [6, 6.07) is 10.6. The Bertz CT molecular complexity index is 535. The van der Waals surface area contributed by atoms with Gasteiger partial charge in [-0.1, -0.05) is 12.1 Å². The molecular formula is C17H24N4O. The third kappa shape index (κ3) is 4.47. The molecule has 1 amide bonds. The number of piperidine rings is 1. The van der Waals surface area contributed by atoms with Gasteiger partial charge >= 0.3 is 0 Å². The number of benzene rings is 1. The van der Waals surface area contributed by atoms with Crippen LogP contribution in [0.4, 0.5) is 5.69 Å². The van der Waals surface area contributed by atoms with Gasteiger partial charge in [0, 0.05) is 32.4 Å². The summed E-state index contributed by atoms with van der Waals surface area (Å²) in [7, 11) is 1.99. The molecule has 0 aromatic heterocycles. The van der Waals surface area contributed by atoms with Crippen molar-refractivity contribution >= 4 is 11.6 Å². The molecule has 0 spiro atoms. The van der Waals surface area contributed by atoms with E-state index in [1.807, 2.05) is 7.05 Å². The van der Waals surface area contributed by atoms with E-state index in [9.17, 15) is 4.79 Å². The van der Waals surface area contributed by atoms with Gasteiger partial charge in [0.25, 0.3) is 0 Å². The van der Waals surface area contributed by atoms with Gasteiger partial charge in [-0.05, 0) is 37.1 Å². The van der Waals surface area contributed by atoms with Gasteiger partial charge < -0.3 is 10.6 Å². The largest absolute Gasteiger partial charge is 0.374 e. The number of rotatable bonds is 6. The Kier molecular flexibility index (Phi) is 5.79. The van der Waals surface area contributed by atoms with Crippen molar-refractivity contribution < 1.29 is 4.79 Å². The van der Waals surface area contributed by atoms with Crippen LogP contribution in [0.15, 0.2) is 24.3 Å². The number of likely N-dealkylation sites (tertiary alicyclic amines) is 1. The van der Waals surface area contributed by atoms with Crippen molar-refractivity contribution in [3.8, 4) is 6.07 Å². The van der Waals surface area contributed by atoms with Gasteiger partial charge in [0.1, 0.15) is 0 Å². The second kappa shape index (κ2) is 7.81. The molecule has 0 saturated carbocycles. The average molecular weight is 300 g/mol.